The van der Waals surface area contributed by atoms with E-state index < -0.39 is 0 Å². The summed E-state index contributed by atoms with van der Waals surface area (Å²) >= 11 is 3.31. The molecule has 3 aromatic rings. The third kappa shape index (κ3) is 6.71. The van der Waals surface area contributed by atoms with Crippen molar-refractivity contribution >= 4 is 46.4 Å². The Balaban J connectivity index is 1.31. The summed E-state index contributed by atoms with van der Waals surface area (Å²) < 4.78 is 11.5. The molecule has 37 heavy (non-hydrogen) atoms. The molecule has 0 radical (unpaired) electrons. The van der Waals surface area contributed by atoms with Crippen molar-refractivity contribution in [1.29, 1.82) is 0 Å². The molecule has 9 nitrogen and oxygen atoms in total. The van der Waals surface area contributed by atoms with E-state index in [1.807, 2.05) is 18.2 Å². The molecule has 2 aromatic heterocycles. The average Bonchev–Trinajstić information content (AvgIpc) is 3.67. The van der Waals surface area contributed by atoms with Crippen LogP contribution in [0.2, 0.25) is 0 Å². The zero-order valence-corrected chi connectivity index (χ0v) is 22.8. The van der Waals surface area contributed by atoms with Gasteiger partial charge < -0.3 is 19.7 Å². The second-order valence-electron chi connectivity index (χ2n) is 9.00. The van der Waals surface area contributed by atoms with Crippen molar-refractivity contribution < 1.29 is 14.3 Å². The van der Waals surface area contributed by atoms with Gasteiger partial charge in [-0.3, -0.25) is 4.90 Å². The van der Waals surface area contributed by atoms with Crippen LogP contribution >= 0.6 is 23.1 Å². The van der Waals surface area contributed by atoms with Gasteiger partial charge in [0.1, 0.15) is 10.8 Å². The quantitative estimate of drug-likeness (QED) is 0.358. The molecule has 1 aromatic carbocycles. The number of aromatic nitrogens is 3. The molecule has 3 heterocycles. The maximum absolute atomic E-state index is 12.3. The van der Waals surface area contributed by atoms with E-state index in [9.17, 15) is 4.79 Å². The largest absolute Gasteiger partial charge is 0.452 e. The Morgan fingerprint density at radius 1 is 1.24 bits per heavy atom. The van der Waals surface area contributed by atoms with Crippen LogP contribution in [0.1, 0.15) is 36.0 Å². The summed E-state index contributed by atoms with van der Waals surface area (Å²) in [6.45, 7) is 5.86. The minimum atomic E-state index is -0.309. The first-order valence-electron chi connectivity index (χ1n) is 12.6. The standard InChI is InChI=1S/C26H32N6O3S2/c1-3-24-29-30-25(37-24)36-17-19-14-22(31-9-11-35-12-10-31)15-23(28-19)27-16-18-5-4-6-21(13-18)32(20-7-8-20)26(33)34-2/h4-6,13-15,20H,3,7-12,16-17H2,1-2H3,(H,27,28). The first kappa shape index (κ1) is 25.7. The smallest absolute Gasteiger partial charge is 0.414 e. The van der Waals surface area contributed by atoms with Gasteiger partial charge in [0.25, 0.3) is 0 Å². The molecule has 196 valence electrons. The number of hydrogen-bond acceptors (Lipinski definition) is 10. The number of amides is 1. The minimum Gasteiger partial charge on any atom is -0.452 e. The fourth-order valence-corrected chi connectivity index (χ4v) is 5.95. The van der Waals surface area contributed by atoms with E-state index in [1.165, 1.54) is 7.11 Å². The average molecular weight is 541 g/mol. The van der Waals surface area contributed by atoms with E-state index >= 15 is 0 Å². The second kappa shape index (κ2) is 12.1. The van der Waals surface area contributed by atoms with Crippen LogP contribution in [0, 0.1) is 0 Å². The zero-order valence-electron chi connectivity index (χ0n) is 21.2. The Morgan fingerprint density at radius 2 is 2.08 bits per heavy atom. The van der Waals surface area contributed by atoms with Gasteiger partial charge in [-0.15, -0.1) is 10.2 Å². The Morgan fingerprint density at radius 3 is 2.81 bits per heavy atom. The van der Waals surface area contributed by atoms with Gasteiger partial charge in [0.05, 0.1) is 26.0 Å². The fraction of sp³-hybridized carbons (Fsp3) is 0.462. The van der Waals surface area contributed by atoms with Gasteiger partial charge in [0.2, 0.25) is 0 Å². The number of carbonyl (C=O) groups excluding carboxylic acids is 1. The van der Waals surface area contributed by atoms with Crippen LogP contribution in [0.25, 0.3) is 0 Å². The van der Waals surface area contributed by atoms with E-state index in [0.29, 0.717) is 6.54 Å². The molecule has 11 heteroatoms. The third-order valence-electron chi connectivity index (χ3n) is 6.28. The number of morpholine rings is 1. The number of benzene rings is 1. The number of nitrogens with one attached hydrogen (secondary N) is 1. The number of aryl methyl sites for hydroxylation is 1. The Labute approximate surface area is 225 Å². The van der Waals surface area contributed by atoms with Gasteiger partial charge in [-0.05, 0) is 43.0 Å². The summed E-state index contributed by atoms with van der Waals surface area (Å²) in [5.74, 6) is 1.54. The summed E-state index contributed by atoms with van der Waals surface area (Å²) in [4.78, 5) is 21.4. The molecule has 2 aliphatic rings. The van der Waals surface area contributed by atoms with Crippen LogP contribution in [0.4, 0.5) is 22.0 Å². The van der Waals surface area contributed by atoms with Gasteiger partial charge >= 0.3 is 6.09 Å². The summed E-state index contributed by atoms with van der Waals surface area (Å²) in [5.41, 5.74) is 4.07. The maximum Gasteiger partial charge on any atom is 0.414 e. The lowest BCUT2D eigenvalue weighted by atomic mass is 10.2. The van der Waals surface area contributed by atoms with Crippen molar-refractivity contribution in [3.05, 3.63) is 52.7 Å². The Bertz CT molecular complexity index is 1210. The van der Waals surface area contributed by atoms with Crippen LogP contribution in [0.15, 0.2) is 40.7 Å². The van der Waals surface area contributed by atoms with Gasteiger partial charge in [-0.1, -0.05) is 42.2 Å². The molecule has 1 saturated heterocycles. The van der Waals surface area contributed by atoms with Crippen molar-refractivity contribution in [3.63, 3.8) is 0 Å². The van der Waals surface area contributed by atoms with E-state index in [4.69, 9.17) is 14.5 Å². The molecule has 0 atom stereocenters. The summed E-state index contributed by atoms with van der Waals surface area (Å²) in [6, 6.07) is 12.5. The van der Waals surface area contributed by atoms with Crippen molar-refractivity contribution in [2.75, 3.05) is 48.5 Å². The molecule has 2 fully saturated rings. The van der Waals surface area contributed by atoms with E-state index in [2.05, 4.69) is 45.5 Å². The highest BCUT2D eigenvalue weighted by Gasteiger charge is 2.34. The number of carbonyl (C=O) groups is 1. The molecule has 1 aliphatic carbocycles. The van der Waals surface area contributed by atoms with Crippen LogP contribution in [-0.2, 0) is 28.2 Å². The highest BCUT2D eigenvalue weighted by atomic mass is 32.2. The topological polar surface area (TPSA) is 92.7 Å². The number of nitrogens with zero attached hydrogens (tertiary/aromatic N) is 5. The summed E-state index contributed by atoms with van der Waals surface area (Å²) in [6.07, 6.45) is 2.60. The lowest BCUT2D eigenvalue weighted by Crippen LogP contribution is -2.36. The van der Waals surface area contributed by atoms with E-state index in [0.717, 1.165) is 89.1 Å². The molecular weight excluding hydrogens is 508 g/mol. The van der Waals surface area contributed by atoms with E-state index in [-0.39, 0.29) is 12.1 Å². The van der Waals surface area contributed by atoms with Crippen molar-refractivity contribution in [1.82, 2.24) is 15.2 Å². The minimum absolute atomic E-state index is 0.226. The molecule has 1 amide bonds. The number of thioether (sulfide) groups is 1. The molecular formula is C26H32N6O3S2. The van der Waals surface area contributed by atoms with Crippen molar-refractivity contribution in [3.8, 4) is 0 Å². The van der Waals surface area contributed by atoms with Gasteiger partial charge in [-0.25, -0.2) is 9.78 Å². The number of rotatable bonds is 10. The normalized spacial score (nSPS) is 15.5. The fourth-order valence-electron chi connectivity index (χ4n) is 4.22. The van der Waals surface area contributed by atoms with Crippen LogP contribution < -0.4 is 15.1 Å². The van der Waals surface area contributed by atoms with Crippen molar-refractivity contribution in [2.45, 2.75) is 48.9 Å². The number of ether oxygens (including phenoxy) is 2. The SMILES string of the molecule is CCc1nnc(SCc2cc(N3CCOCC3)cc(NCc3cccc(N(C(=O)OC)C4CC4)c3)n2)s1. The highest BCUT2D eigenvalue weighted by molar-refractivity contribution is 8.00. The summed E-state index contributed by atoms with van der Waals surface area (Å²) in [5, 5.41) is 13.1. The lowest BCUT2D eigenvalue weighted by molar-refractivity contribution is 0.122. The van der Waals surface area contributed by atoms with Crippen molar-refractivity contribution in [2.24, 2.45) is 0 Å². The maximum atomic E-state index is 12.3. The van der Waals surface area contributed by atoms with E-state index in [1.54, 1.807) is 28.0 Å². The molecule has 5 rings (SSSR count). The number of anilines is 3. The highest BCUT2D eigenvalue weighted by Crippen LogP contribution is 2.33. The molecule has 0 spiro atoms. The third-order valence-corrected chi connectivity index (χ3v) is 8.51. The first-order chi connectivity index (χ1) is 18.1. The number of methoxy groups -OCH3 is 1. The Kier molecular flexibility index (Phi) is 8.42. The lowest BCUT2D eigenvalue weighted by Gasteiger charge is -2.29. The number of pyridine rings is 1. The predicted octanol–water partition coefficient (Wildman–Crippen LogP) is 4.97. The molecule has 1 N–H and O–H groups in total. The van der Waals surface area contributed by atoms with Gasteiger partial charge in [-0.2, -0.15) is 0 Å². The monoisotopic (exact) mass is 540 g/mol. The zero-order chi connectivity index (χ0) is 25.6. The molecule has 1 aliphatic heterocycles. The number of hydrogen-bond donors (Lipinski definition) is 1. The predicted molar refractivity (Wildman–Crippen MR) is 148 cm³/mol. The van der Waals surface area contributed by atoms with Gasteiger partial charge in [0, 0.05) is 48.9 Å². The molecule has 1 saturated carbocycles. The van der Waals surface area contributed by atoms with Gasteiger partial charge in [0.15, 0.2) is 4.34 Å². The van der Waals surface area contributed by atoms with Crippen LogP contribution in [-0.4, -0.2) is 60.7 Å². The van der Waals surface area contributed by atoms with Crippen LogP contribution in [0.5, 0.6) is 0 Å². The first-order valence-corrected chi connectivity index (χ1v) is 14.4. The molecule has 0 bridgehead atoms. The van der Waals surface area contributed by atoms with Crippen LogP contribution in [0.3, 0.4) is 0 Å². The second-order valence-corrected chi connectivity index (χ2v) is 11.3. The summed E-state index contributed by atoms with van der Waals surface area (Å²) in [7, 11) is 1.43. The Hall–Kier alpha value is -2.89. The molecule has 0 unspecified atom stereocenters.